The molecule has 0 bridgehead atoms. The standard InChI is InChI=1S/C17H22N2O3/c1-4-9-19-14(16(21)18-10-11(2)3)12-7-5-6-8-13(12)15(20)17(19)22/h5-8,11,20H,4,9-10H2,1-3H3,(H,18,21). The summed E-state index contributed by atoms with van der Waals surface area (Å²) in [5.74, 6) is -0.265. The average molecular weight is 302 g/mol. The summed E-state index contributed by atoms with van der Waals surface area (Å²) in [6.45, 7) is 6.87. The Hall–Kier alpha value is -2.30. The number of aromatic nitrogens is 1. The summed E-state index contributed by atoms with van der Waals surface area (Å²) in [7, 11) is 0. The number of hydrogen-bond acceptors (Lipinski definition) is 3. The molecule has 5 heteroatoms. The molecule has 0 aliphatic heterocycles. The van der Waals surface area contributed by atoms with Crippen LogP contribution in [0.4, 0.5) is 0 Å². The van der Waals surface area contributed by atoms with Crippen molar-refractivity contribution in [2.24, 2.45) is 5.92 Å². The minimum absolute atomic E-state index is 0.282. The Labute approximate surface area is 129 Å². The molecule has 2 aromatic rings. The lowest BCUT2D eigenvalue weighted by molar-refractivity contribution is 0.0940. The van der Waals surface area contributed by atoms with Gasteiger partial charge in [0.05, 0.1) is 0 Å². The lowest BCUT2D eigenvalue weighted by Gasteiger charge is -2.16. The van der Waals surface area contributed by atoms with Crippen molar-refractivity contribution in [2.45, 2.75) is 33.7 Å². The van der Waals surface area contributed by atoms with Gasteiger partial charge in [-0.3, -0.25) is 9.59 Å². The molecule has 5 nitrogen and oxygen atoms in total. The van der Waals surface area contributed by atoms with E-state index >= 15 is 0 Å². The fourth-order valence-electron chi connectivity index (χ4n) is 2.45. The maximum atomic E-state index is 12.6. The van der Waals surface area contributed by atoms with E-state index in [4.69, 9.17) is 0 Å². The number of pyridine rings is 1. The highest BCUT2D eigenvalue weighted by Gasteiger charge is 2.20. The summed E-state index contributed by atoms with van der Waals surface area (Å²) in [4.78, 5) is 24.9. The van der Waals surface area contributed by atoms with Gasteiger partial charge in [-0.15, -0.1) is 0 Å². The van der Waals surface area contributed by atoms with Crippen molar-refractivity contribution < 1.29 is 9.90 Å². The third kappa shape index (κ3) is 2.98. The minimum atomic E-state index is -0.518. The molecular formula is C17H22N2O3. The average Bonchev–Trinajstić information content (AvgIpc) is 2.50. The molecule has 1 aromatic heterocycles. The largest absolute Gasteiger partial charge is 0.503 e. The fraction of sp³-hybridized carbons (Fsp3) is 0.412. The quantitative estimate of drug-likeness (QED) is 0.891. The van der Waals surface area contributed by atoms with Crippen molar-refractivity contribution in [2.75, 3.05) is 6.54 Å². The number of amides is 1. The second kappa shape index (κ2) is 6.64. The molecule has 22 heavy (non-hydrogen) atoms. The molecule has 0 fully saturated rings. The first-order chi connectivity index (χ1) is 10.5. The van der Waals surface area contributed by atoms with E-state index in [9.17, 15) is 14.7 Å². The molecule has 0 aliphatic rings. The molecule has 0 aliphatic carbocycles. The molecule has 118 valence electrons. The van der Waals surface area contributed by atoms with E-state index in [0.29, 0.717) is 41.9 Å². The number of fused-ring (bicyclic) bond motifs is 1. The van der Waals surface area contributed by atoms with Crippen molar-refractivity contribution in [3.63, 3.8) is 0 Å². The van der Waals surface area contributed by atoms with Gasteiger partial charge in [0.25, 0.3) is 11.5 Å². The van der Waals surface area contributed by atoms with Crippen LogP contribution in [0.3, 0.4) is 0 Å². The highest BCUT2D eigenvalue weighted by molar-refractivity contribution is 6.06. The third-order valence-corrected chi connectivity index (χ3v) is 3.49. The van der Waals surface area contributed by atoms with Gasteiger partial charge in [-0.05, 0) is 12.3 Å². The molecule has 0 saturated heterocycles. The first-order valence-electron chi connectivity index (χ1n) is 7.60. The third-order valence-electron chi connectivity index (χ3n) is 3.49. The van der Waals surface area contributed by atoms with Crippen molar-refractivity contribution in [3.8, 4) is 5.75 Å². The summed E-state index contributed by atoms with van der Waals surface area (Å²) in [5.41, 5.74) is -0.198. The van der Waals surface area contributed by atoms with Crippen LogP contribution in [-0.4, -0.2) is 22.1 Å². The van der Waals surface area contributed by atoms with E-state index in [1.54, 1.807) is 24.3 Å². The number of carbonyl (C=O) groups is 1. The van der Waals surface area contributed by atoms with E-state index in [1.165, 1.54) is 4.57 Å². The van der Waals surface area contributed by atoms with Gasteiger partial charge in [0.2, 0.25) is 0 Å². The molecule has 1 amide bonds. The van der Waals surface area contributed by atoms with Crippen molar-refractivity contribution >= 4 is 16.7 Å². The lowest BCUT2D eigenvalue weighted by Crippen LogP contribution is -2.34. The maximum absolute atomic E-state index is 12.6. The zero-order valence-corrected chi connectivity index (χ0v) is 13.2. The van der Waals surface area contributed by atoms with Crippen LogP contribution in [0.1, 0.15) is 37.7 Å². The first kappa shape index (κ1) is 16.1. The molecule has 0 spiro atoms. The van der Waals surface area contributed by atoms with Gasteiger partial charge in [-0.25, -0.2) is 0 Å². The number of carbonyl (C=O) groups excluding carboxylic acids is 1. The van der Waals surface area contributed by atoms with E-state index in [0.717, 1.165) is 0 Å². The van der Waals surface area contributed by atoms with Crippen LogP contribution in [0, 0.1) is 5.92 Å². The smallest absolute Gasteiger partial charge is 0.293 e. The number of nitrogens with zero attached hydrogens (tertiary/aromatic N) is 1. The van der Waals surface area contributed by atoms with Crippen LogP contribution in [0.25, 0.3) is 10.8 Å². The Balaban J connectivity index is 2.68. The predicted molar refractivity (Wildman–Crippen MR) is 87.3 cm³/mol. The number of hydrogen-bond donors (Lipinski definition) is 2. The first-order valence-corrected chi connectivity index (χ1v) is 7.60. The predicted octanol–water partition coefficient (Wildman–Crippen LogP) is 2.50. The number of rotatable bonds is 5. The van der Waals surface area contributed by atoms with Crippen LogP contribution < -0.4 is 10.9 Å². The van der Waals surface area contributed by atoms with Gasteiger partial charge < -0.3 is 15.0 Å². The van der Waals surface area contributed by atoms with E-state index in [1.807, 2.05) is 20.8 Å². The molecule has 2 N–H and O–H groups in total. The van der Waals surface area contributed by atoms with Gasteiger partial charge in [0.15, 0.2) is 5.75 Å². The number of nitrogens with one attached hydrogen (secondary N) is 1. The summed E-state index contributed by atoms with van der Waals surface area (Å²) in [6, 6.07) is 6.94. The molecule has 1 heterocycles. The van der Waals surface area contributed by atoms with Crippen molar-refractivity contribution in [3.05, 3.63) is 40.3 Å². The monoisotopic (exact) mass is 302 g/mol. The van der Waals surface area contributed by atoms with Crippen LogP contribution >= 0.6 is 0 Å². The fourth-order valence-corrected chi connectivity index (χ4v) is 2.45. The molecule has 2 rings (SSSR count). The molecule has 0 atom stereocenters. The van der Waals surface area contributed by atoms with Crippen LogP contribution in [0.15, 0.2) is 29.1 Å². The van der Waals surface area contributed by atoms with Crippen LogP contribution in [-0.2, 0) is 6.54 Å². The van der Waals surface area contributed by atoms with Gasteiger partial charge >= 0.3 is 0 Å². The zero-order valence-electron chi connectivity index (χ0n) is 13.2. The Bertz CT molecular complexity index is 747. The molecular weight excluding hydrogens is 280 g/mol. The van der Waals surface area contributed by atoms with Gasteiger partial charge in [0, 0.05) is 23.9 Å². The Morgan fingerprint density at radius 1 is 1.27 bits per heavy atom. The van der Waals surface area contributed by atoms with Crippen LogP contribution in [0.5, 0.6) is 5.75 Å². The van der Waals surface area contributed by atoms with Gasteiger partial charge in [-0.2, -0.15) is 0 Å². The topological polar surface area (TPSA) is 71.3 Å². The Morgan fingerprint density at radius 2 is 1.91 bits per heavy atom. The van der Waals surface area contributed by atoms with Crippen molar-refractivity contribution in [1.29, 1.82) is 0 Å². The minimum Gasteiger partial charge on any atom is -0.503 e. The summed E-state index contributed by atoms with van der Waals surface area (Å²) >= 11 is 0. The van der Waals surface area contributed by atoms with Gasteiger partial charge in [-0.1, -0.05) is 45.0 Å². The number of benzene rings is 1. The second-order valence-corrected chi connectivity index (χ2v) is 5.80. The summed E-state index contributed by atoms with van der Waals surface area (Å²) < 4.78 is 1.37. The van der Waals surface area contributed by atoms with E-state index < -0.39 is 5.56 Å². The SMILES string of the molecule is CCCn1c(C(=O)NCC(C)C)c2ccccc2c(O)c1=O. The molecule has 0 radical (unpaired) electrons. The maximum Gasteiger partial charge on any atom is 0.293 e. The molecule has 1 aromatic carbocycles. The van der Waals surface area contributed by atoms with E-state index in [-0.39, 0.29) is 11.7 Å². The Kier molecular flexibility index (Phi) is 4.85. The highest BCUT2D eigenvalue weighted by Crippen LogP contribution is 2.24. The van der Waals surface area contributed by atoms with E-state index in [2.05, 4.69) is 5.32 Å². The molecule has 0 unspecified atom stereocenters. The Morgan fingerprint density at radius 3 is 2.50 bits per heavy atom. The zero-order chi connectivity index (χ0) is 16.3. The number of aromatic hydroxyl groups is 1. The normalized spacial score (nSPS) is 11.1. The van der Waals surface area contributed by atoms with Crippen molar-refractivity contribution in [1.82, 2.24) is 9.88 Å². The molecule has 0 saturated carbocycles. The summed E-state index contributed by atoms with van der Waals surface area (Å²) in [6.07, 6.45) is 0.697. The van der Waals surface area contributed by atoms with Crippen LogP contribution in [0.2, 0.25) is 0 Å². The lowest BCUT2D eigenvalue weighted by atomic mass is 10.1. The second-order valence-electron chi connectivity index (χ2n) is 5.80. The highest BCUT2D eigenvalue weighted by atomic mass is 16.3. The summed E-state index contributed by atoms with van der Waals surface area (Å²) in [5, 5.41) is 14.0. The van der Waals surface area contributed by atoms with Gasteiger partial charge in [0.1, 0.15) is 5.69 Å².